The van der Waals surface area contributed by atoms with Crippen LogP contribution >= 0.6 is 0 Å². The van der Waals surface area contributed by atoms with Crippen LogP contribution < -0.4 is 5.32 Å². The van der Waals surface area contributed by atoms with E-state index in [1.807, 2.05) is 24.4 Å². The number of aldehydes is 1. The maximum absolute atomic E-state index is 9.92. The van der Waals surface area contributed by atoms with Crippen molar-refractivity contribution in [3.63, 3.8) is 0 Å². The van der Waals surface area contributed by atoms with Crippen LogP contribution in [0.3, 0.4) is 0 Å². The van der Waals surface area contributed by atoms with Crippen molar-refractivity contribution in [3.05, 3.63) is 60.3 Å². The molecule has 0 bridgehead atoms. The zero-order valence-electron chi connectivity index (χ0n) is 7.89. The SMILES string of the molecule is O=C/C=C/C=C/NCc1ccccc1. The molecule has 2 heteroatoms. The quantitative estimate of drug-likeness (QED) is 0.434. The zero-order chi connectivity index (χ0) is 10.1. The molecule has 0 saturated heterocycles. The molecule has 1 N–H and O–H groups in total. The number of hydrogen-bond donors (Lipinski definition) is 1. The summed E-state index contributed by atoms with van der Waals surface area (Å²) in [4.78, 5) is 9.92. The zero-order valence-corrected chi connectivity index (χ0v) is 7.89. The maximum Gasteiger partial charge on any atom is 0.142 e. The number of hydrogen-bond acceptors (Lipinski definition) is 2. The molecule has 0 heterocycles. The normalized spacial score (nSPS) is 10.9. The van der Waals surface area contributed by atoms with Gasteiger partial charge < -0.3 is 5.32 Å². The van der Waals surface area contributed by atoms with E-state index in [4.69, 9.17) is 0 Å². The van der Waals surface area contributed by atoms with Crippen LogP contribution in [0.15, 0.2) is 54.8 Å². The van der Waals surface area contributed by atoms with Gasteiger partial charge in [-0.1, -0.05) is 36.4 Å². The molecule has 0 aromatic heterocycles. The molecule has 0 amide bonds. The Kier molecular flexibility index (Phi) is 4.88. The standard InChI is InChI=1S/C12H13NO/c14-10-6-2-5-9-13-11-12-7-3-1-4-8-12/h1-10,13H,11H2/b6-2+,9-5+. The van der Waals surface area contributed by atoms with Gasteiger partial charge in [-0.2, -0.15) is 0 Å². The van der Waals surface area contributed by atoms with Crippen molar-refractivity contribution in [1.82, 2.24) is 5.32 Å². The second kappa shape index (κ2) is 6.66. The fourth-order valence-electron chi connectivity index (χ4n) is 1.01. The Balaban J connectivity index is 2.25. The molecule has 2 nitrogen and oxygen atoms in total. The molecule has 0 fully saturated rings. The Labute approximate surface area is 84.0 Å². The van der Waals surface area contributed by atoms with Gasteiger partial charge in [0.2, 0.25) is 0 Å². The molecule has 0 saturated carbocycles. The molecule has 0 aliphatic heterocycles. The highest BCUT2D eigenvalue weighted by molar-refractivity contribution is 5.65. The summed E-state index contributed by atoms with van der Waals surface area (Å²) < 4.78 is 0. The summed E-state index contributed by atoms with van der Waals surface area (Å²) in [5.41, 5.74) is 1.23. The Morgan fingerprint density at radius 3 is 2.57 bits per heavy atom. The Morgan fingerprint density at radius 2 is 1.86 bits per heavy atom. The lowest BCUT2D eigenvalue weighted by atomic mass is 10.2. The Hall–Kier alpha value is -1.83. The molecular weight excluding hydrogens is 174 g/mol. The van der Waals surface area contributed by atoms with Crippen LogP contribution in [0.1, 0.15) is 5.56 Å². The van der Waals surface area contributed by atoms with Crippen molar-refractivity contribution in [3.8, 4) is 0 Å². The topological polar surface area (TPSA) is 29.1 Å². The van der Waals surface area contributed by atoms with Crippen molar-refractivity contribution in [2.75, 3.05) is 0 Å². The van der Waals surface area contributed by atoms with Gasteiger partial charge >= 0.3 is 0 Å². The molecule has 14 heavy (non-hydrogen) atoms. The largest absolute Gasteiger partial charge is 0.387 e. The second-order valence-corrected chi connectivity index (χ2v) is 2.75. The van der Waals surface area contributed by atoms with Crippen LogP contribution in [0.2, 0.25) is 0 Å². The molecule has 0 unspecified atom stereocenters. The van der Waals surface area contributed by atoms with E-state index < -0.39 is 0 Å². The van der Waals surface area contributed by atoms with Crippen LogP contribution in [0.25, 0.3) is 0 Å². The summed E-state index contributed by atoms with van der Waals surface area (Å²) in [6.07, 6.45) is 7.48. The van der Waals surface area contributed by atoms with Crippen LogP contribution in [0.4, 0.5) is 0 Å². The van der Waals surface area contributed by atoms with E-state index in [1.165, 1.54) is 11.6 Å². The third-order valence-electron chi connectivity index (χ3n) is 1.66. The molecule has 0 atom stereocenters. The molecule has 0 aliphatic carbocycles. The highest BCUT2D eigenvalue weighted by atomic mass is 16.1. The third-order valence-corrected chi connectivity index (χ3v) is 1.66. The van der Waals surface area contributed by atoms with E-state index >= 15 is 0 Å². The van der Waals surface area contributed by atoms with Crippen LogP contribution in [-0.4, -0.2) is 6.29 Å². The van der Waals surface area contributed by atoms with Gasteiger partial charge in [-0.3, -0.25) is 4.79 Å². The molecule has 0 aliphatic rings. The molecular formula is C12H13NO. The van der Waals surface area contributed by atoms with E-state index in [0.717, 1.165) is 12.8 Å². The fraction of sp³-hybridized carbons (Fsp3) is 0.0833. The van der Waals surface area contributed by atoms with Crippen LogP contribution in [0, 0.1) is 0 Å². The minimum absolute atomic E-state index is 0.752. The van der Waals surface area contributed by atoms with E-state index in [-0.39, 0.29) is 0 Å². The Bertz CT molecular complexity index is 314. The first-order chi connectivity index (χ1) is 6.93. The average molecular weight is 187 g/mol. The van der Waals surface area contributed by atoms with Gasteiger partial charge in [-0.15, -0.1) is 0 Å². The van der Waals surface area contributed by atoms with Gasteiger partial charge in [0.15, 0.2) is 0 Å². The summed E-state index contributed by atoms with van der Waals surface area (Å²) in [7, 11) is 0. The molecule has 1 aromatic rings. The lowest BCUT2D eigenvalue weighted by Gasteiger charge is -1.99. The summed E-state index contributed by atoms with van der Waals surface area (Å²) in [6, 6.07) is 10.1. The van der Waals surface area contributed by atoms with Gasteiger partial charge in [0.1, 0.15) is 6.29 Å². The van der Waals surface area contributed by atoms with Crippen molar-refractivity contribution in [2.24, 2.45) is 0 Å². The minimum Gasteiger partial charge on any atom is -0.387 e. The first-order valence-electron chi connectivity index (χ1n) is 4.48. The highest BCUT2D eigenvalue weighted by Crippen LogP contribution is 1.96. The highest BCUT2D eigenvalue weighted by Gasteiger charge is 1.85. The average Bonchev–Trinajstić information content (AvgIpc) is 2.25. The van der Waals surface area contributed by atoms with Crippen molar-refractivity contribution < 1.29 is 4.79 Å². The monoisotopic (exact) mass is 187 g/mol. The lowest BCUT2D eigenvalue weighted by molar-refractivity contribution is -0.104. The van der Waals surface area contributed by atoms with Crippen molar-refractivity contribution >= 4 is 6.29 Å². The minimum atomic E-state index is 0.752. The second-order valence-electron chi connectivity index (χ2n) is 2.75. The molecule has 1 rings (SSSR count). The van der Waals surface area contributed by atoms with Gasteiger partial charge in [0, 0.05) is 6.54 Å². The van der Waals surface area contributed by atoms with Crippen LogP contribution in [-0.2, 0) is 11.3 Å². The van der Waals surface area contributed by atoms with Gasteiger partial charge in [0.05, 0.1) is 0 Å². The number of allylic oxidation sites excluding steroid dienone is 3. The van der Waals surface area contributed by atoms with Crippen LogP contribution in [0.5, 0.6) is 0 Å². The predicted molar refractivity (Wildman–Crippen MR) is 57.6 cm³/mol. The number of rotatable bonds is 5. The smallest absolute Gasteiger partial charge is 0.142 e. The summed E-state index contributed by atoms with van der Waals surface area (Å²) in [6.45, 7) is 0.798. The molecule has 1 aromatic carbocycles. The predicted octanol–water partition coefficient (Wildman–Crippen LogP) is 2.04. The molecule has 72 valence electrons. The molecule has 0 radical (unpaired) electrons. The number of benzene rings is 1. The maximum atomic E-state index is 9.92. The summed E-state index contributed by atoms with van der Waals surface area (Å²) in [5, 5.41) is 3.11. The van der Waals surface area contributed by atoms with E-state index in [0.29, 0.717) is 0 Å². The fourth-order valence-corrected chi connectivity index (χ4v) is 1.01. The van der Waals surface area contributed by atoms with E-state index in [1.54, 1.807) is 12.2 Å². The summed E-state index contributed by atoms with van der Waals surface area (Å²) in [5.74, 6) is 0. The number of carbonyl (C=O) groups excluding carboxylic acids is 1. The summed E-state index contributed by atoms with van der Waals surface area (Å²) >= 11 is 0. The van der Waals surface area contributed by atoms with E-state index in [2.05, 4.69) is 17.4 Å². The third kappa shape index (κ3) is 4.26. The number of carbonyl (C=O) groups is 1. The molecule has 0 spiro atoms. The van der Waals surface area contributed by atoms with Crippen molar-refractivity contribution in [1.29, 1.82) is 0 Å². The van der Waals surface area contributed by atoms with Gasteiger partial charge in [0.25, 0.3) is 0 Å². The van der Waals surface area contributed by atoms with Crippen molar-refractivity contribution in [2.45, 2.75) is 6.54 Å². The first-order valence-corrected chi connectivity index (χ1v) is 4.48. The lowest BCUT2D eigenvalue weighted by Crippen LogP contribution is -2.03. The van der Waals surface area contributed by atoms with E-state index in [9.17, 15) is 4.79 Å². The number of nitrogens with one attached hydrogen (secondary N) is 1. The first kappa shape index (κ1) is 10.3. The Morgan fingerprint density at radius 1 is 1.07 bits per heavy atom. The van der Waals surface area contributed by atoms with Gasteiger partial charge in [-0.05, 0) is 23.9 Å². The van der Waals surface area contributed by atoms with Gasteiger partial charge in [-0.25, -0.2) is 0 Å².